The maximum Gasteiger partial charge on any atom is 0.329 e. The van der Waals surface area contributed by atoms with Crippen LogP contribution in [0.2, 0.25) is 0 Å². The summed E-state index contributed by atoms with van der Waals surface area (Å²) in [6.45, 7) is 7.09. The molecule has 0 aliphatic rings. The molecule has 0 aromatic rings. The van der Waals surface area contributed by atoms with Gasteiger partial charge in [0.1, 0.15) is 6.04 Å². The highest BCUT2D eigenvalue weighted by atomic mass is 16.5. The first-order valence-electron chi connectivity index (χ1n) is 27.5. The van der Waals surface area contributed by atoms with E-state index in [0.29, 0.717) is 32.2 Å². The molecule has 0 aromatic heterocycles. The minimum atomic E-state index is -0.848. The summed E-state index contributed by atoms with van der Waals surface area (Å²) in [5, 5.41) is 0. The molecular formula is C56H106N2O4. The van der Waals surface area contributed by atoms with Crippen LogP contribution in [0.15, 0.2) is 24.3 Å². The van der Waals surface area contributed by atoms with Crippen molar-refractivity contribution in [3.63, 3.8) is 0 Å². The lowest BCUT2D eigenvalue weighted by molar-refractivity contribution is -0.161. The quantitative estimate of drug-likeness (QED) is 0.0374. The highest BCUT2D eigenvalue weighted by molar-refractivity contribution is 5.99. The lowest BCUT2D eigenvalue weighted by Gasteiger charge is -2.29. The monoisotopic (exact) mass is 871 g/mol. The molecule has 0 spiro atoms. The van der Waals surface area contributed by atoms with Crippen LogP contribution >= 0.6 is 0 Å². The van der Waals surface area contributed by atoms with E-state index in [1.165, 1.54) is 210 Å². The number of ether oxygens (including phenoxy) is 1. The van der Waals surface area contributed by atoms with Gasteiger partial charge in [-0.25, -0.2) is 4.79 Å². The van der Waals surface area contributed by atoms with Crippen LogP contribution < -0.4 is 5.73 Å². The van der Waals surface area contributed by atoms with Crippen LogP contribution in [0.5, 0.6) is 0 Å². The van der Waals surface area contributed by atoms with Gasteiger partial charge in [0.2, 0.25) is 11.8 Å². The average Bonchev–Trinajstić information content (AvgIpc) is 3.27. The normalized spacial score (nSPS) is 12.2. The largest absolute Gasteiger partial charge is 0.464 e. The molecule has 2 amide bonds. The van der Waals surface area contributed by atoms with E-state index in [0.717, 1.165) is 44.9 Å². The average molecular weight is 871 g/mol. The Kier molecular flexibility index (Phi) is 48.5. The molecule has 0 saturated heterocycles. The molecule has 1 atom stereocenters. The van der Waals surface area contributed by atoms with Crippen molar-refractivity contribution < 1.29 is 19.1 Å². The van der Waals surface area contributed by atoms with Gasteiger partial charge < -0.3 is 10.5 Å². The Morgan fingerprint density at radius 3 is 0.984 bits per heavy atom. The lowest BCUT2D eigenvalue weighted by atomic mass is 10.0. The summed E-state index contributed by atoms with van der Waals surface area (Å²) in [4.78, 5) is 41.7. The van der Waals surface area contributed by atoms with Gasteiger partial charge in [-0.15, -0.1) is 0 Å². The summed E-state index contributed by atoms with van der Waals surface area (Å²) < 4.78 is 5.39. The number of unbranched alkanes of at least 4 members (excludes halogenated alkanes) is 35. The first kappa shape index (κ1) is 60.1. The smallest absolute Gasteiger partial charge is 0.329 e. The summed E-state index contributed by atoms with van der Waals surface area (Å²) in [5.74, 6) is -0.888. The molecule has 0 unspecified atom stereocenters. The van der Waals surface area contributed by atoms with Crippen molar-refractivity contribution in [3.8, 4) is 0 Å². The van der Waals surface area contributed by atoms with Gasteiger partial charge in [-0.2, -0.15) is 0 Å². The van der Waals surface area contributed by atoms with Gasteiger partial charge in [-0.05, 0) is 96.9 Å². The molecule has 0 rings (SSSR count). The zero-order valence-corrected chi connectivity index (χ0v) is 41.9. The molecule has 6 nitrogen and oxygen atoms in total. The third-order valence-electron chi connectivity index (χ3n) is 12.6. The Bertz CT molecular complexity index is 961. The first-order valence-corrected chi connectivity index (χ1v) is 27.5. The molecule has 62 heavy (non-hydrogen) atoms. The molecular weight excluding hydrogens is 765 g/mol. The van der Waals surface area contributed by atoms with Crippen LogP contribution in [0.4, 0.5) is 0 Å². The number of carbonyl (C=O) groups excluding carboxylic acids is 3. The Hall–Kier alpha value is -1.95. The van der Waals surface area contributed by atoms with Crippen LogP contribution in [-0.4, -0.2) is 41.9 Å². The number of amides is 2. The topological polar surface area (TPSA) is 89.7 Å². The maximum absolute atomic E-state index is 13.7. The molecule has 2 N–H and O–H groups in total. The molecule has 0 aliphatic carbocycles. The Morgan fingerprint density at radius 1 is 0.403 bits per heavy atom. The second-order valence-corrected chi connectivity index (χ2v) is 18.6. The van der Waals surface area contributed by atoms with Crippen molar-refractivity contribution >= 4 is 17.8 Å². The van der Waals surface area contributed by atoms with E-state index in [2.05, 4.69) is 38.2 Å². The van der Waals surface area contributed by atoms with Crippen LogP contribution in [0.25, 0.3) is 0 Å². The van der Waals surface area contributed by atoms with E-state index in [4.69, 9.17) is 10.5 Å². The fraction of sp³-hybridized carbons (Fsp3) is 0.875. The second kappa shape index (κ2) is 50.1. The Labute approximate surface area is 386 Å². The van der Waals surface area contributed by atoms with Gasteiger partial charge in [0.25, 0.3) is 0 Å². The Balaban J connectivity index is 4.28. The minimum absolute atomic E-state index is 0.214. The molecule has 0 bridgehead atoms. The van der Waals surface area contributed by atoms with Crippen LogP contribution in [0.3, 0.4) is 0 Å². The molecule has 0 saturated carbocycles. The maximum atomic E-state index is 13.7. The van der Waals surface area contributed by atoms with E-state index in [9.17, 15) is 14.4 Å². The summed E-state index contributed by atoms with van der Waals surface area (Å²) in [6, 6.07) is -0.848. The summed E-state index contributed by atoms with van der Waals surface area (Å²) >= 11 is 0. The van der Waals surface area contributed by atoms with Crippen molar-refractivity contribution in [3.05, 3.63) is 24.3 Å². The molecule has 0 aromatic carbocycles. The van der Waals surface area contributed by atoms with Crippen LogP contribution in [0, 0.1) is 0 Å². The number of imide groups is 1. The third kappa shape index (κ3) is 40.8. The summed E-state index contributed by atoms with van der Waals surface area (Å²) in [7, 11) is 0. The van der Waals surface area contributed by atoms with E-state index >= 15 is 0 Å². The number of carbonyl (C=O) groups is 3. The van der Waals surface area contributed by atoms with Crippen molar-refractivity contribution in [2.24, 2.45) is 5.73 Å². The molecule has 0 radical (unpaired) electrons. The summed E-state index contributed by atoms with van der Waals surface area (Å²) in [6.07, 6.45) is 60.1. The third-order valence-corrected chi connectivity index (χ3v) is 12.6. The number of hydrogen-bond acceptors (Lipinski definition) is 5. The molecule has 0 aliphatic heterocycles. The number of nitrogens with zero attached hydrogens (tertiary/aromatic N) is 1. The van der Waals surface area contributed by atoms with Crippen molar-refractivity contribution in [1.82, 2.24) is 4.90 Å². The second-order valence-electron chi connectivity index (χ2n) is 18.6. The van der Waals surface area contributed by atoms with Gasteiger partial charge >= 0.3 is 5.97 Å². The van der Waals surface area contributed by atoms with Gasteiger partial charge in [-0.1, -0.05) is 218 Å². The standard InChI is InChI=1S/C56H106N2O4/c1-4-7-9-11-13-15-17-19-21-23-25-27-29-31-33-35-37-39-41-43-45-50-54(59)58(53(49-47-48-52-57)56(61)62-6-3)55(60)51-46-44-42-40-38-36-34-32-30-28-26-24-22-20-18-16-14-12-10-8-5-2/h19-22,53H,4-18,23-52,57H2,1-3H3/b21-19-,22-20-/t53-/m0/s1. The number of rotatable bonds is 49. The molecule has 0 heterocycles. The fourth-order valence-corrected chi connectivity index (χ4v) is 8.62. The van der Waals surface area contributed by atoms with Gasteiger partial charge in [0, 0.05) is 12.8 Å². The fourth-order valence-electron chi connectivity index (χ4n) is 8.62. The number of esters is 1. The highest BCUT2D eigenvalue weighted by Gasteiger charge is 2.34. The highest BCUT2D eigenvalue weighted by Crippen LogP contribution is 2.20. The van der Waals surface area contributed by atoms with Crippen LogP contribution in [0.1, 0.15) is 297 Å². The predicted molar refractivity (Wildman–Crippen MR) is 269 cm³/mol. The molecule has 6 heteroatoms. The van der Waals surface area contributed by atoms with Gasteiger partial charge in [0.05, 0.1) is 6.61 Å². The minimum Gasteiger partial charge on any atom is -0.464 e. The van der Waals surface area contributed by atoms with Crippen LogP contribution in [-0.2, 0) is 19.1 Å². The van der Waals surface area contributed by atoms with E-state index < -0.39 is 12.0 Å². The number of allylic oxidation sites excluding steroid dienone is 4. The zero-order valence-electron chi connectivity index (χ0n) is 41.9. The van der Waals surface area contributed by atoms with Gasteiger partial charge in [-0.3, -0.25) is 14.5 Å². The van der Waals surface area contributed by atoms with Crippen molar-refractivity contribution in [1.29, 1.82) is 0 Å². The van der Waals surface area contributed by atoms with E-state index in [1.54, 1.807) is 6.92 Å². The van der Waals surface area contributed by atoms with Crippen molar-refractivity contribution in [2.45, 2.75) is 303 Å². The number of nitrogens with two attached hydrogens (primary N) is 1. The Morgan fingerprint density at radius 2 is 0.694 bits per heavy atom. The first-order chi connectivity index (χ1) is 30.5. The molecule has 0 fully saturated rings. The lowest BCUT2D eigenvalue weighted by Crippen LogP contribution is -2.49. The predicted octanol–water partition coefficient (Wildman–Crippen LogP) is 17.2. The van der Waals surface area contributed by atoms with Gasteiger partial charge in [0.15, 0.2) is 0 Å². The molecule has 364 valence electrons. The van der Waals surface area contributed by atoms with Crippen molar-refractivity contribution in [2.75, 3.05) is 13.2 Å². The van der Waals surface area contributed by atoms with E-state index in [1.807, 2.05) is 0 Å². The van der Waals surface area contributed by atoms with E-state index in [-0.39, 0.29) is 18.4 Å². The summed E-state index contributed by atoms with van der Waals surface area (Å²) in [5.41, 5.74) is 5.76. The number of hydrogen-bond donors (Lipinski definition) is 1. The SMILES string of the molecule is CCCCCCCC/C=C\CCCCCCCCCCCCCC(=O)N(C(=O)CCCCCCCCCCCCC/C=C\CCCCCCCC)[C@@H](CCCCN)C(=O)OCC. The zero-order chi connectivity index (χ0) is 45.2.